The van der Waals surface area contributed by atoms with Gasteiger partial charge in [-0.3, -0.25) is 9.69 Å². The zero-order valence-corrected chi connectivity index (χ0v) is 10.3. The van der Waals surface area contributed by atoms with Gasteiger partial charge in [-0.15, -0.1) is 6.42 Å². The molecule has 1 aromatic carbocycles. The molecule has 1 aliphatic rings. The smallest absolute Gasteiger partial charge is 0.317 e. The van der Waals surface area contributed by atoms with Crippen LogP contribution in [0, 0.1) is 18.2 Å². The van der Waals surface area contributed by atoms with E-state index in [1.54, 1.807) is 11.0 Å². The molecule has 0 saturated carbocycles. The van der Waals surface area contributed by atoms with Gasteiger partial charge in [-0.2, -0.15) is 0 Å². The maximum atomic E-state index is 13.1. The van der Waals surface area contributed by atoms with Gasteiger partial charge in [0.05, 0.1) is 13.1 Å². The molecule has 1 aromatic rings. The molecule has 1 N–H and O–H groups in total. The molecule has 0 spiro atoms. The van der Waals surface area contributed by atoms with E-state index >= 15 is 0 Å². The van der Waals surface area contributed by atoms with Gasteiger partial charge in [-0.25, -0.2) is 4.39 Å². The summed E-state index contributed by atoms with van der Waals surface area (Å²) in [7, 11) is 0. The highest BCUT2D eigenvalue weighted by atomic mass is 19.1. The van der Waals surface area contributed by atoms with Gasteiger partial charge >= 0.3 is 5.97 Å². The van der Waals surface area contributed by atoms with Crippen molar-refractivity contribution in [1.82, 2.24) is 4.90 Å². The number of benzene rings is 1. The first-order valence-electron chi connectivity index (χ1n) is 5.91. The molecule has 1 atom stereocenters. The Hall–Kier alpha value is -2.06. The number of carboxylic acids is 1. The van der Waals surface area contributed by atoms with Crippen LogP contribution in [0.25, 0.3) is 0 Å². The summed E-state index contributed by atoms with van der Waals surface area (Å²) in [5, 5.41) is 8.79. The van der Waals surface area contributed by atoms with Crippen LogP contribution in [-0.4, -0.2) is 41.7 Å². The Morgan fingerprint density at radius 2 is 2.42 bits per heavy atom. The minimum atomic E-state index is -0.934. The van der Waals surface area contributed by atoms with Crippen LogP contribution in [0.5, 0.6) is 5.75 Å². The number of nitrogens with zero attached hydrogens (tertiary/aromatic N) is 1. The minimum absolute atomic E-state index is 0.130. The summed E-state index contributed by atoms with van der Waals surface area (Å²) in [6.07, 6.45) is 5.58. The van der Waals surface area contributed by atoms with Crippen molar-refractivity contribution in [3.8, 4) is 18.1 Å². The molecule has 1 heterocycles. The molecule has 0 radical (unpaired) electrons. The first-order valence-corrected chi connectivity index (χ1v) is 5.91. The van der Waals surface area contributed by atoms with E-state index < -0.39 is 5.97 Å². The topological polar surface area (TPSA) is 49.8 Å². The van der Waals surface area contributed by atoms with Crippen molar-refractivity contribution in [2.45, 2.75) is 12.5 Å². The van der Waals surface area contributed by atoms with Crippen LogP contribution in [0.3, 0.4) is 0 Å². The first-order chi connectivity index (χ1) is 9.08. The van der Waals surface area contributed by atoms with Crippen LogP contribution in [0.4, 0.5) is 4.39 Å². The van der Waals surface area contributed by atoms with E-state index in [1.165, 1.54) is 12.1 Å². The zero-order chi connectivity index (χ0) is 13.8. The van der Waals surface area contributed by atoms with Crippen molar-refractivity contribution < 1.29 is 19.0 Å². The second-order valence-electron chi connectivity index (χ2n) is 4.46. The van der Waals surface area contributed by atoms with Crippen molar-refractivity contribution in [1.29, 1.82) is 0 Å². The van der Waals surface area contributed by atoms with Crippen LogP contribution >= 0.6 is 0 Å². The second-order valence-corrected chi connectivity index (χ2v) is 4.46. The summed E-state index contributed by atoms with van der Waals surface area (Å²) in [4.78, 5) is 12.3. The van der Waals surface area contributed by atoms with Crippen LogP contribution in [0.2, 0.25) is 0 Å². The monoisotopic (exact) mass is 263 g/mol. The van der Waals surface area contributed by atoms with Crippen molar-refractivity contribution >= 4 is 5.97 Å². The van der Waals surface area contributed by atoms with Gasteiger partial charge in [0.25, 0.3) is 0 Å². The molecule has 0 aliphatic carbocycles. The third-order valence-electron chi connectivity index (χ3n) is 2.90. The first kappa shape index (κ1) is 13.4. The lowest BCUT2D eigenvalue weighted by Crippen LogP contribution is -2.38. The highest BCUT2D eigenvalue weighted by Crippen LogP contribution is 2.29. The van der Waals surface area contributed by atoms with Crippen LogP contribution in [0.15, 0.2) is 18.2 Å². The van der Waals surface area contributed by atoms with Crippen molar-refractivity contribution in [2.24, 2.45) is 0 Å². The van der Waals surface area contributed by atoms with Gasteiger partial charge in [0.1, 0.15) is 17.7 Å². The lowest BCUT2D eigenvalue weighted by molar-refractivity contribution is -0.138. The number of halogens is 1. The normalized spacial score (nSPS) is 16.8. The highest BCUT2D eigenvalue weighted by Gasteiger charge is 2.25. The van der Waals surface area contributed by atoms with Gasteiger partial charge in [0, 0.05) is 18.5 Å². The van der Waals surface area contributed by atoms with Gasteiger partial charge in [-0.05, 0) is 18.2 Å². The third kappa shape index (κ3) is 3.46. The van der Waals surface area contributed by atoms with E-state index in [-0.39, 0.29) is 25.0 Å². The lowest BCUT2D eigenvalue weighted by atomic mass is 10.1. The summed E-state index contributed by atoms with van der Waals surface area (Å²) in [6.45, 7) is 0.526. The van der Waals surface area contributed by atoms with E-state index in [4.69, 9.17) is 16.3 Å². The number of ether oxygens (including phenoxy) is 1. The maximum absolute atomic E-state index is 13.1. The minimum Gasteiger partial charge on any atom is -0.488 e. The SMILES string of the molecule is C#CCN(CC(=O)O)CC1Cc2cc(F)ccc2O1. The molecule has 1 unspecified atom stereocenters. The fourth-order valence-electron chi connectivity index (χ4n) is 2.18. The number of hydrogen-bond acceptors (Lipinski definition) is 3. The highest BCUT2D eigenvalue weighted by molar-refractivity contribution is 5.69. The Balaban J connectivity index is 1.98. The third-order valence-corrected chi connectivity index (χ3v) is 2.90. The van der Waals surface area contributed by atoms with Crippen molar-refractivity contribution in [2.75, 3.05) is 19.6 Å². The lowest BCUT2D eigenvalue weighted by Gasteiger charge is -2.21. The van der Waals surface area contributed by atoms with Crippen LogP contribution < -0.4 is 4.74 Å². The molecule has 19 heavy (non-hydrogen) atoms. The van der Waals surface area contributed by atoms with Gasteiger partial charge < -0.3 is 9.84 Å². The number of fused-ring (bicyclic) bond motifs is 1. The predicted molar refractivity (Wildman–Crippen MR) is 67.4 cm³/mol. The molecule has 0 aromatic heterocycles. The zero-order valence-electron chi connectivity index (χ0n) is 10.3. The fourth-order valence-corrected chi connectivity index (χ4v) is 2.18. The molecule has 0 bridgehead atoms. The van der Waals surface area contributed by atoms with E-state index in [0.717, 1.165) is 5.56 Å². The van der Waals surface area contributed by atoms with Gasteiger partial charge in [0.15, 0.2) is 0 Å². The largest absolute Gasteiger partial charge is 0.488 e. The van der Waals surface area contributed by atoms with Gasteiger partial charge in [0.2, 0.25) is 0 Å². The standard InChI is InChI=1S/C14H14FNO3/c1-2-5-16(9-14(17)18)8-12-7-10-6-11(15)3-4-13(10)19-12/h1,3-4,6,12H,5,7-9H2,(H,17,18). The number of hydrogen-bond donors (Lipinski definition) is 1. The molecule has 0 saturated heterocycles. The Morgan fingerprint density at radius 1 is 1.63 bits per heavy atom. The summed E-state index contributed by atoms with van der Waals surface area (Å²) in [5.74, 6) is 1.85. The molecular weight excluding hydrogens is 249 g/mol. The van der Waals surface area contributed by atoms with E-state index in [0.29, 0.717) is 18.7 Å². The van der Waals surface area contributed by atoms with Crippen LogP contribution in [-0.2, 0) is 11.2 Å². The Bertz CT molecular complexity index is 524. The molecular formula is C14H14FNO3. The molecule has 0 amide bonds. The average Bonchev–Trinajstić information content (AvgIpc) is 2.69. The number of aliphatic carboxylic acids is 1. The molecule has 4 nitrogen and oxygen atoms in total. The number of rotatable bonds is 5. The van der Waals surface area contributed by atoms with Crippen molar-refractivity contribution in [3.63, 3.8) is 0 Å². The number of carboxylic acid groups (broad SMARTS) is 1. The molecule has 2 rings (SSSR count). The fraction of sp³-hybridized carbons (Fsp3) is 0.357. The number of terminal acetylenes is 1. The Morgan fingerprint density at radius 3 is 3.11 bits per heavy atom. The van der Waals surface area contributed by atoms with E-state index in [9.17, 15) is 9.18 Å². The van der Waals surface area contributed by atoms with E-state index in [1.807, 2.05) is 0 Å². The van der Waals surface area contributed by atoms with Gasteiger partial charge in [-0.1, -0.05) is 5.92 Å². The number of carbonyl (C=O) groups is 1. The molecule has 1 aliphatic heterocycles. The summed E-state index contributed by atoms with van der Waals surface area (Å²) in [5.41, 5.74) is 0.806. The summed E-state index contributed by atoms with van der Waals surface area (Å²) >= 11 is 0. The summed E-state index contributed by atoms with van der Waals surface area (Å²) in [6, 6.07) is 4.38. The maximum Gasteiger partial charge on any atom is 0.317 e. The predicted octanol–water partition coefficient (Wildman–Crippen LogP) is 1.15. The second kappa shape index (κ2) is 5.72. The molecule has 0 fully saturated rings. The van der Waals surface area contributed by atoms with Crippen molar-refractivity contribution in [3.05, 3.63) is 29.6 Å². The average molecular weight is 263 g/mol. The van der Waals surface area contributed by atoms with E-state index in [2.05, 4.69) is 5.92 Å². The summed E-state index contributed by atoms with van der Waals surface area (Å²) < 4.78 is 18.7. The van der Waals surface area contributed by atoms with Crippen LogP contribution in [0.1, 0.15) is 5.56 Å². The molecule has 5 heteroatoms. The Kier molecular flexibility index (Phi) is 4.03. The molecule has 100 valence electrons. The Labute approximate surface area is 110 Å². The quantitative estimate of drug-likeness (QED) is 0.810.